The van der Waals surface area contributed by atoms with Crippen molar-refractivity contribution in [1.29, 1.82) is 0 Å². The second kappa shape index (κ2) is 59.2. The van der Waals surface area contributed by atoms with Crippen LogP contribution < -0.4 is 0 Å². The number of carbonyl (C=O) groups is 3. The molecular weight excluding hydrogens is 865 g/mol. The molecule has 0 aromatic rings. The average Bonchev–Trinajstić information content (AvgIpc) is 3.36. The van der Waals surface area contributed by atoms with Crippen molar-refractivity contribution in [3.8, 4) is 0 Å². The first kappa shape index (κ1) is 67.6. The highest BCUT2D eigenvalue weighted by molar-refractivity contribution is 5.71. The van der Waals surface area contributed by atoms with Crippen LogP contribution in [0.4, 0.5) is 0 Å². The van der Waals surface area contributed by atoms with E-state index in [1.807, 2.05) is 0 Å². The van der Waals surface area contributed by atoms with Crippen LogP contribution in [0, 0.1) is 0 Å². The summed E-state index contributed by atoms with van der Waals surface area (Å²) in [6.07, 6.45) is 71.9. The molecule has 0 N–H and O–H groups in total. The molecule has 0 aliphatic carbocycles. The quantitative estimate of drug-likeness (QED) is 0.0261. The molecule has 0 amide bonds. The molecule has 70 heavy (non-hydrogen) atoms. The standard InChI is InChI=1S/C64H118O6/c1-4-7-10-13-16-19-21-22-23-24-25-26-27-28-29-30-31-32-33-34-35-36-37-38-39-40-41-42-44-45-48-51-54-57-63(66)69-60-61(59-68-62(65)56-53-50-47-18-15-12-9-6-3)70-64(67)58-55-52-49-46-43-20-17-14-11-8-5-2/h21-22,24-25,27-28,61H,4-20,23,26,29-60H2,1-3H3/b22-21-,25-24-,28-27-. The first-order chi connectivity index (χ1) is 34.5. The zero-order chi connectivity index (χ0) is 50.7. The van der Waals surface area contributed by atoms with Crippen molar-refractivity contribution in [3.63, 3.8) is 0 Å². The normalized spacial score (nSPS) is 12.2. The Bertz CT molecular complexity index is 1170. The number of carbonyl (C=O) groups excluding carboxylic acids is 3. The molecule has 410 valence electrons. The first-order valence-electron chi connectivity index (χ1n) is 31.0. The molecule has 0 bridgehead atoms. The van der Waals surface area contributed by atoms with Crippen molar-refractivity contribution in [1.82, 2.24) is 0 Å². The summed E-state index contributed by atoms with van der Waals surface area (Å²) in [5, 5.41) is 0. The third-order valence-corrected chi connectivity index (χ3v) is 13.9. The lowest BCUT2D eigenvalue weighted by atomic mass is 10.0. The van der Waals surface area contributed by atoms with Gasteiger partial charge in [-0.2, -0.15) is 0 Å². The van der Waals surface area contributed by atoms with Gasteiger partial charge in [-0.25, -0.2) is 0 Å². The van der Waals surface area contributed by atoms with Crippen LogP contribution in [-0.2, 0) is 28.6 Å². The van der Waals surface area contributed by atoms with Crippen LogP contribution in [0.2, 0.25) is 0 Å². The van der Waals surface area contributed by atoms with Gasteiger partial charge in [0.2, 0.25) is 0 Å². The minimum absolute atomic E-state index is 0.0661. The van der Waals surface area contributed by atoms with Crippen molar-refractivity contribution in [3.05, 3.63) is 36.5 Å². The molecule has 6 heteroatoms. The number of allylic oxidation sites excluding steroid dienone is 6. The van der Waals surface area contributed by atoms with E-state index in [1.54, 1.807) is 0 Å². The molecule has 1 atom stereocenters. The Balaban J connectivity index is 3.94. The Morgan fingerprint density at radius 3 is 0.800 bits per heavy atom. The van der Waals surface area contributed by atoms with E-state index in [1.165, 1.54) is 225 Å². The molecule has 0 aromatic carbocycles. The predicted molar refractivity (Wildman–Crippen MR) is 302 cm³/mol. The highest BCUT2D eigenvalue weighted by Gasteiger charge is 2.19. The van der Waals surface area contributed by atoms with Gasteiger partial charge in [0.25, 0.3) is 0 Å². The molecule has 0 radical (unpaired) electrons. The lowest BCUT2D eigenvalue weighted by molar-refractivity contribution is -0.167. The SMILES string of the molecule is CCCCCCC/C=C\C/C=C\C/C=C\CCCCCCCCCCCCCCCCCCCCC(=O)OCC(COC(=O)CCCCCCCCCC)OC(=O)CCCCCCCCCCCCC. The monoisotopic (exact) mass is 983 g/mol. The Morgan fingerprint density at radius 1 is 0.286 bits per heavy atom. The summed E-state index contributed by atoms with van der Waals surface area (Å²) >= 11 is 0. The zero-order valence-corrected chi connectivity index (χ0v) is 47.1. The number of esters is 3. The Hall–Kier alpha value is -2.37. The average molecular weight is 984 g/mol. The van der Waals surface area contributed by atoms with E-state index in [9.17, 15) is 14.4 Å². The highest BCUT2D eigenvalue weighted by Crippen LogP contribution is 2.17. The molecule has 0 spiro atoms. The molecule has 0 aliphatic heterocycles. The van der Waals surface area contributed by atoms with Gasteiger partial charge in [0.05, 0.1) is 0 Å². The molecule has 1 unspecified atom stereocenters. The number of unbranched alkanes of at least 4 members (excludes halogenated alkanes) is 40. The highest BCUT2D eigenvalue weighted by atomic mass is 16.6. The fraction of sp³-hybridized carbons (Fsp3) is 0.859. The van der Waals surface area contributed by atoms with Crippen molar-refractivity contribution < 1.29 is 28.6 Å². The number of hydrogen-bond acceptors (Lipinski definition) is 6. The van der Waals surface area contributed by atoms with Gasteiger partial charge in [0, 0.05) is 19.3 Å². The molecule has 0 fully saturated rings. The van der Waals surface area contributed by atoms with Gasteiger partial charge in [-0.3, -0.25) is 14.4 Å². The summed E-state index contributed by atoms with van der Waals surface area (Å²) in [7, 11) is 0. The third-order valence-electron chi connectivity index (χ3n) is 13.9. The predicted octanol–water partition coefficient (Wildman–Crippen LogP) is 20.8. The van der Waals surface area contributed by atoms with Crippen LogP contribution in [0.3, 0.4) is 0 Å². The third kappa shape index (κ3) is 56.5. The van der Waals surface area contributed by atoms with Crippen LogP contribution in [0.1, 0.15) is 335 Å². The Morgan fingerprint density at radius 2 is 0.514 bits per heavy atom. The summed E-state index contributed by atoms with van der Waals surface area (Å²) in [5.41, 5.74) is 0. The van der Waals surface area contributed by atoms with Gasteiger partial charge in [-0.05, 0) is 57.8 Å². The van der Waals surface area contributed by atoms with E-state index < -0.39 is 6.10 Å². The van der Waals surface area contributed by atoms with Crippen molar-refractivity contribution in [2.24, 2.45) is 0 Å². The number of ether oxygens (including phenoxy) is 3. The van der Waals surface area contributed by atoms with Crippen LogP contribution in [0.15, 0.2) is 36.5 Å². The van der Waals surface area contributed by atoms with Gasteiger partial charge >= 0.3 is 17.9 Å². The summed E-state index contributed by atoms with van der Waals surface area (Å²) in [6, 6.07) is 0. The summed E-state index contributed by atoms with van der Waals surface area (Å²) in [6.45, 7) is 6.63. The van der Waals surface area contributed by atoms with Crippen molar-refractivity contribution in [2.45, 2.75) is 341 Å². The minimum Gasteiger partial charge on any atom is -0.462 e. The Labute approximate surface area is 435 Å². The summed E-state index contributed by atoms with van der Waals surface area (Å²) < 4.78 is 16.8. The number of rotatable bonds is 57. The van der Waals surface area contributed by atoms with Gasteiger partial charge in [0.15, 0.2) is 6.10 Å². The molecule has 0 saturated heterocycles. The summed E-state index contributed by atoms with van der Waals surface area (Å²) in [5.74, 6) is -0.854. The largest absolute Gasteiger partial charge is 0.462 e. The molecule has 0 saturated carbocycles. The van der Waals surface area contributed by atoms with Crippen molar-refractivity contribution >= 4 is 17.9 Å². The second-order valence-electron chi connectivity index (χ2n) is 21.0. The molecule has 0 aromatic heterocycles. The zero-order valence-electron chi connectivity index (χ0n) is 47.1. The fourth-order valence-corrected chi connectivity index (χ4v) is 9.22. The lowest BCUT2D eigenvalue weighted by Crippen LogP contribution is -2.30. The maximum absolute atomic E-state index is 12.8. The van der Waals surface area contributed by atoms with E-state index in [2.05, 4.69) is 57.2 Å². The molecule has 0 aliphatic rings. The topological polar surface area (TPSA) is 78.9 Å². The number of hydrogen-bond donors (Lipinski definition) is 0. The van der Waals surface area contributed by atoms with Gasteiger partial charge in [-0.1, -0.05) is 295 Å². The first-order valence-corrected chi connectivity index (χ1v) is 31.0. The fourth-order valence-electron chi connectivity index (χ4n) is 9.22. The van der Waals surface area contributed by atoms with Crippen LogP contribution >= 0.6 is 0 Å². The van der Waals surface area contributed by atoms with Gasteiger partial charge in [-0.15, -0.1) is 0 Å². The van der Waals surface area contributed by atoms with Gasteiger partial charge in [0.1, 0.15) is 13.2 Å². The second-order valence-corrected chi connectivity index (χ2v) is 21.0. The maximum Gasteiger partial charge on any atom is 0.306 e. The minimum atomic E-state index is -0.763. The molecule has 6 nitrogen and oxygen atoms in total. The van der Waals surface area contributed by atoms with E-state index in [-0.39, 0.29) is 31.1 Å². The van der Waals surface area contributed by atoms with E-state index in [4.69, 9.17) is 14.2 Å². The summed E-state index contributed by atoms with van der Waals surface area (Å²) in [4.78, 5) is 37.9. The molecule has 0 rings (SSSR count). The molecule has 0 heterocycles. The van der Waals surface area contributed by atoms with E-state index in [0.29, 0.717) is 19.3 Å². The van der Waals surface area contributed by atoms with E-state index in [0.717, 1.165) is 70.6 Å². The van der Waals surface area contributed by atoms with Gasteiger partial charge < -0.3 is 14.2 Å². The van der Waals surface area contributed by atoms with Crippen LogP contribution in [0.25, 0.3) is 0 Å². The van der Waals surface area contributed by atoms with Crippen LogP contribution in [0.5, 0.6) is 0 Å². The van der Waals surface area contributed by atoms with Crippen LogP contribution in [-0.4, -0.2) is 37.2 Å². The maximum atomic E-state index is 12.8. The molecular formula is C64H118O6. The lowest BCUT2D eigenvalue weighted by Gasteiger charge is -2.18. The smallest absolute Gasteiger partial charge is 0.306 e. The van der Waals surface area contributed by atoms with Crippen molar-refractivity contribution in [2.75, 3.05) is 13.2 Å². The van der Waals surface area contributed by atoms with E-state index >= 15 is 0 Å². The Kier molecular flexibility index (Phi) is 57.2.